The van der Waals surface area contributed by atoms with E-state index in [1.165, 1.54) is 11.1 Å². The summed E-state index contributed by atoms with van der Waals surface area (Å²) in [5, 5.41) is 0. The Labute approximate surface area is 116 Å². The molecule has 1 aliphatic rings. The molecule has 2 rings (SSSR count). The van der Waals surface area contributed by atoms with E-state index in [0.717, 1.165) is 17.7 Å². The molecule has 3 nitrogen and oxygen atoms in total. The Morgan fingerprint density at radius 3 is 2.53 bits per heavy atom. The van der Waals surface area contributed by atoms with Crippen LogP contribution >= 0.6 is 0 Å². The third kappa shape index (κ3) is 2.78. The Balaban J connectivity index is 2.52. The normalized spacial score (nSPS) is 19.4. The van der Waals surface area contributed by atoms with Crippen LogP contribution in [0.1, 0.15) is 37.0 Å². The zero-order chi connectivity index (χ0) is 14.2. The average Bonchev–Trinajstić information content (AvgIpc) is 2.30. The van der Waals surface area contributed by atoms with E-state index >= 15 is 0 Å². The van der Waals surface area contributed by atoms with E-state index in [0.29, 0.717) is 18.9 Å². The first-order chi connectivity index (χ1) is 8.85. The molecule has 0 aliphatic carbocycles. The van der Waals surface area contributed by atoms with Crippen LogP contribution in [0, 0.1) is 19.8 Å². The lowest BCUT2D eigenvalue weighted by atomic mass is 9.92. The highest BCUT2D eigenvalue weighted by molar-refractivity contribution is 7.92. The zero-order valence-corrected chi connectivity index (χ0v) is 13.0. The van der Waals surface area contributed by atoms with Crippen LogP contribution in [0.4, 0.5) is 5.69 Å². The van der Waals surface area contributed by atoms with Crippen molar-refractivity contribution in [3.05, 3.63) is 28.8 Å². The second-order valence-electron chi connectivity index (χ2n) is 5.72. The molecule has 0 radical (unpaired) electrons. The van der Waals surface area contributed by atoms with Gasteiger partial charge in [-0.1, -0.05) is 19.9 Å². The maximum atomic E-state index is 12.4. The second kappa shape index (κ2) is 5.16. The molecule has 4 heteroatoms. The SMILES string of the molecule is CCCS(=O)(=O)N1CC(C)Cc2cc(C)c(C)cc21. The predicted molar refractivity (Wildman–Crippen MR) is 80.2 cm³/mol. The summed E-state index contributed by atoms with van der Waals surface area (Å²) >= 11 is 0. The van der Waals surface area contributed by atoms with E-state index < -0.39 is 10.0 Å². The lowest BCUT2D eigenvalue weighted by molar-refractivity contribution is 0.544. The topological polar surface area (TPSA) is 37.4 Å². The van der Waals surface area contributed by atoms with Crippen molar-refractivity contribution < 1.29 is 8.42 Å². The van der Waals surface area contributed by atoms with Crippen LogP contribution in [0.15, 0.2) is 12.1 Å². The molecule has 1 aromatic rings. The molecular formula is C15H23NO2S. The monoisotopic (exact) mass is 281 g/mol. The quantitative estimate of drug-likeness (QED) is 0.854. The Morgan fingerprint density at radius 1 is 1.26 bits per heavy atom. The van der Waals surface area contributed by atoms with E-state index in [1.807, 2.05) is 19.9 Å². The van der Waals surface area contributed by atoms with E-state index in [4.69, 9.17) is 0 Å². The van der Waals surface area contributed by atoms with Gasteiger partial charge in [-0.25, -0.2) is 8.42 Å². The summed E-state index contributed by atoms with van der Waals surface area (Å²) in [6.07, 6.45) is 1.63. The van der Waals surface area contributed by atoms with Gasteiger partial charge in [-0.15, -0.1) is 0 Å². The minimum absolute atomic E-state index is 0.228. The van der Waals surface area contributed by atoms with Gasteiger partial charge in [-0.05, 0) is 55.4 Å². The Bertz CT molecular complexity index is 578. The maximum Gasteiger partial charge on any atom is 0.235 e. The summed E-state index contributed by atoms with van der Waals surface area (Å²) in [5.41, 5.74) is 4.46. The summed E-state index contributed by atoms with van der Waals surface area (Å²) in [6.45, 7) is 8.76. The van der Waals surface area contributed by atoms with Crippen LogP contribution in [-0.2, 0) is 16.4 Å². The van der Waals surface area contributed by atoms with Gasteiger partial charge < -0.3 is 0 Å². The standard InChI is InChI=1S/C15H23NO2S/c1-5-6-19(17,18)16-10-11(2)7-14-8-12(3)13(4)9-15(14)16/h8-9,11H,5-7,10H2,1-4H3. The molecule has 0 spiro atoms. The summed E-state index contributed by atoms with van der Waals surface area (Å²) in [5.74, 6) is 0.604. The number of benzene rings is 1. The van der Waals surface area contributed by atoms with Gasteiger partial charge in [-0.3, -0.25) is 4.31 Å². The Morgan fingerprint density at radius 2 is 1.89 bits per heavy atom. The molecule has 1 aliphatic heterocycles. The minimum Gasteiger partial charge on any atom is -0.270 e. The van der Waals surface area contributed by atoms with Crippen molar-refractivity contribution in [2.24, 2.45) is 5.92 Å². The average molecular weight is 281 g/mol. The third-order valence-electron chi connectivity index (χ3n) is 3.81. The first-order valence-corrected chi connectivity index (χ1v) is 8.56. The number of hydrogen-bond acceptors (Lipinski definition) is 2. The summed E-state index contributed by atoms with van der Waals surface area (Å²) in [7, 11) is -3.18. The number of aryl methyl sites for hydroxylation is 2. The van der Waals surface area contributed by atoms with Crippen LogP contribution in [0.2, 0.25) is 0 Å². The largest absolute Gasteiger partial charge is 0.270 e. The highest BCUT2D eigenvalue weighted by Gasteiger charge is 2.30. The maximum absolute atomic E-state index is 12.4. The molecule has 1 unspecified atom stereocenters. The van der Waals surface area contributed by atoms with Crippen molar-refractivity contribution in [3.63, 3.8) is 0 Å². The molecule has 0 saturated heterocycles. The predicted octanol–water partition coefficient (Wildman–Crippen LogP) is 3.04. The van der Waals surface area contributed by atoms with Gasteiger partial charge in [0.25, 0.3) is 0 Å². The number of rotatable bonds is 3. The number of anilines is 1. The second-order valence-corrected chi connectivity index (χ2v) is 7.73. The first-order valence-electron chi connectivity index (χ1n) is 6.95. The Hall–Kier alpha value is -1.03. The fraction of sp³-hybridized carbons (Fsp3) is 0.600. The molecule has 0 saturated carbocycles. The molecule has 0 fully saturated rings. The number of nitrogens with zero attached hydrogens (tertiary/aromatic N) is 1. The van der Waals surface area contributed by atoms with Crippen LogP contribution in [0.5, 0.6) is 0 Å². The van der Waals surface area contributed by atoms with Crippen molar-refractivity contribution in [1.82, 2.24) is 0 Å². The number of hydrogen-bond donors (Lipinski definition) is 0. The minimum atomic E-state index is -3.18. The molecule has 106 valence electrons. The molecule has 0 bridgehead atoms. The van der Waals surface area contributed by atoms with Crippen molar-refractivity contribution >= 4 is 15.7 Å². The van der Waals surface area contributed by atoms with Crippen molar-refractivity contribution in [1.29, 1.82) is 0 Å². The van der Waals surface area contributed by atoms with Crippen molar-refractivity contribution in [2.45, 2.75) is 40.5 Å². The lowest BCUT2D eigenvalue weighted by Crippen LogP contribution is -2.40. The molecule has 0 N–H and O–H groups in total. The summed E-state index contributed by atoms with van der Waals surface area (Å²) in [6, 6.07) is 4.18. The van der Waals surface area contributed by atoms with Gasteiger partial charge in [0.2, 0.25) is 10.0 Å². The van der Waals surface area contributed by atoms with E-state index in [9.17, 15) is 8.42 Å². The highest BCUT2D eigenvalue weighted by Crippen LogP contribution is 2.34. The first kappa shape index (κ1) is 14.4. The highest BCUT2D eigenvalue weighted by atomic mass is 32.2. The molecule has 1 atom stereocenters. The van der Waals surface area contributed by atoms with Gasteiger partial charge in [0.15, 0.2) is 0 Å². The van der Waals surface area contributed by atoms with E-state index in [-0.39, 0.29) is 5.75 Å². The van der Waals surface area contributed by atoms with Crippen LogP contribution in [-0.4, -0.2) is 20.7 Å². The molecule has 19 heavy (non-hydrogen) atoms. The van der Waals surface area contributed by atoms with Crippen LogP contribution in [0.25, 0.3) is 0 Å². The fourth-order valence-corrected chi connectivity index (χ4v) is 4.40. The number of fused-ring (bicyclic) bond motifs is 1. The Kier molecular flexibility index (Phi) is 3.90. The van der Waals surface area contributed by atoms with E-state index in [1.54, 1.807) is 4.31 Å². The van der Waals surface area contributed by atoms with E-state index in [2.05, 4.69) is 19.9 Å². The van der Waals surface area contributed by atoms with Gasteiger partial charge in [0.1, 0.15) is 0 Å². The van der Waals surface area contributed by atoms with Crippen LogP contribution in [0.3, 0.4) is 0 Å². The van der Waals surface area contributed by atoms with Gasteiger partial charge in [0.05, 0.1) is 11.4 Å². The zero-order valence-electron chi connectivity index (χ0n) is 12.2. The molecular weight excluding hydrogens is 258 g/mol. The van der Waals surface area contributed by atoms with Crippen LogP contribution < -0.4 is 4.31 Å². The molecule has 0 amide bonds. The van der Waals surface area contributed by atoms with Crippen molar-refractivity contribution in [2.75, 3.05) is 16.6 Å². The fourth-order valence-electron chi connectivity index (χ4n) is 2.71. The number of sulfonamides is 1. The van der Waals surface area contributed by atoms with Gasteiger partial charge in [-0.2, -0.15) is 0 Å². The smallest absolute Gasteiger partial charge is 0.235 e. The summed E-state index contributed by atoms with van der Waals surface area (Å²) < 4.78 is 26.5. The van der Waals surface area contributed by atoms with Crippen molar-refractivity contribution in [3.8, 4) is 0 Å². The molecule has 1 aromatic carbocycles. The molecule has 1 heterocycles. The molecule has 0 aromatic heterocycles. The van der Waals surface area contributed by atoms with Gasteiger partial charge in [0, 0.05) is 6.54 Å². The summed E-state index contributed by atoms with van der Waals surface area (Å²) in [4.78, 5) is 0. The van der Waals surface area contributed by atoms with Gasteiger partial charge >= 0.3 is 0 Å². The lowest BCUT2D eigenvalue weighted by Gasteiger charge is -2.34. The third-order valence-corrected chi connectivity index (χ3v) is 5.75.